The number of carbonyl (C=O) groups is 2. The zero-order valence-corrected chi connectivity index (χ0v) is 12.3. The first-order valence-corrected chi connectivity index (χ1v) is 7.12. The third-order valence-electron chi connectivity index (χ3n) is 2.63. The molecule has 0 aliphatic rings. The number of aryl methyl sites for hydroxylation is 1. The lowest BCUT2D eigenvalue weighted by Crippen LogP contribution is -2.33. The van der Waals surface area contributed by atoms with Crippen molar-refractivity contribution in [1.82, 2.24) is 4.90 Å². The van der Waals surface area contributed by atoms with E-state index in [1.165, 1.54) is 23.1 Å². The molecule has 0 heterocycles. The fourth-order valence-electron chi connectivity index (χ4n) is 1.40. The van der Waals surface area contributed by atoms with E-state index >= 15 is 0 Å². The molecule has 1 aromatic carbocycles. The smallest absolute Gasteiger partial charge is 0.325 e. The second-order valence-electron chi connectivity index (χ2n) is 4.30. The molecule has 5 heteroatoms. The molecule has 0 radical (unpaired) electrons. The maximum Gasteiger partial charge on any atom is 0.325 e. The molecule has 1 rings (SSSR count). The third kappa shape index (κ3) is 5.79. The molecule has 0 bridgehead atoms. The molecule has 0 unspecified atom stereocenters. The summed E-state index contributed by atoms with van der Waals surface area (Å²) >= 11 is 1.54. The average molecular weight is 281 g/mol. The number of benzene rings is 1. The van der Waals surface area contributed by atoms with Crippen LogP contribution >= 0.6 is 11.8 Å². The maximum absolute atomic E-state index is 11.7. The van der Waals surface area contributed by atoms with Crippen LogP contribution in [0.5, 0.6) is 0 Å². The topological polar surface area (TPSA) is 46.6 Å². The molecule has 4 nitrogen and oxygen atoms in total. The van der Waals surface area contributed by atoms with Gasteiger partial charge in [-0.05, 0) is 12.5 Å². The van der Waals surface area contributed by atoms with Crippen molar-refractivity contribution >= 4 is 23.6 Å². The summed E-state index contributed by atoms with van der Waals surface area (Å²) in [6.45, 7) is 2.04. The van der Waals surface area contributed by atoms with Gasteiger partial charge in [-0.25, -0.2) is 0 Å². The molecular weight excluding hydrogens is 262 g/mol. The third-order valence-corrected chi connectivity index (χ3v) is 3.62. The number of nitrogens with zero attached hydrogens (tertiary/aromatic N) is 1. The molecule has 0 aromatic heterocycles. The summed E-state index contributed by atoms with van der Waals surface area (Å²) < 4.78 is 4.52. The predicted molar refractivity (Wildman–Crippen MR) is 77.0 cm³/mol. The number of likely N-dealkylation sites (N-methyl/N-ethyl adjacent to an activating group) is 1. The second kappa shape index (κ2) is 7.84. The van der Waals surface area contributed by atoms with E-state index in [-0.39, 0.29) is 12.5 Å². The van der Waals surface area contributed by atoms with E-state index in [1.807, 2.05) is 6.92 Å². The van der Waals surface area contributed by atoms with Gasteiger partial charge in [-0.15, -0.1) is 11.8 Å². The summed E-state index contributed by atoms with van der Waals surface area (Å²) in [7, 11) is 2.92. The van der Waals surface area contributed by atoms with Gasteiger partial charge in [-0.3, -0.25) is 9.59 Å². The summed E-state index contributed by atoms with van der Waals surface area (Å²) in [6.07, 6.45) is 0. The Morgan fingerprint density at radius 1 is 1.26 bits per heavy atom. The van der Waals surface area contributed by atoms with Crippen LogP contribution in [-0.2, 0) is 20.1 Å². The van der Waals surface area contributed by atoms with E-state index in [1.54, 1.807) is 18.8 Å². The van der Waals surface area contributed by atoms with E-state index in [0.717, 1.165) is 5.75 Å². The predicted octanol–water partition coefficient (Wildman–Crippen LogP) is 1.86. The Morgan fingerprint density at radius 3 is 2.47 bits per heavy atom. The molecule has 1 aromatic rings. The van der Waals surface area contributed by atoms with Gasteiger partial charge < -0.3 is 9.64 Å². The highest BCUT2D eigenvalue weighted by molar-refractivity contribution is 7.99. The molecule has 104 valence electrons. The number of methoxy groups -OCH3 is 1. The molecule has 0 aliphatic heterocycles. The van der Waals surface area contributed by atoms with Crippen molar-refractivity contribution < 1.29 is 14.3 Å². The first kappa shape index (κ1) is 15.6. The Hall–Kier alpha value is -1.49. The van der Waals surface area contributed by atoms with Gasteiger partial charge >= 0.3 is 5.97 Å². The molecule has 1 amide bonds. The quantitative estimate of drug-likeness (QED) is 0.747. The molecular formula is C14H19NO3S. The van der Waals surface area contributed by atoms with Crippen molar-refractivity contribution in [1.29, 1.82) is 0 Å². The number of hydrogen-bond donors (Lipinski definition) is 0. The number of esters is 1. The van der Waals surface area contributed by atoms with E-state index in [4.69, 9.17) is 0 Å². The van der Waals surface area contributed by atoms with Crippen LogP contribution in [0.15, 0.2) is 24.3 Å². The Labute approximate surface area is 118 Å². The second-order valence-corrected chi connectivity index (χ2v) is 5.29. The van der Waals surface area contributed by atoms with Crippen LogP contribution in [0.2, 0.25) is 0 Å². The first-order chi connectivity index (χ1) is 9.02. The van der Waals surface area contributed by atoms with Gasteiger partial charge in [-0.1, -0.05) is 29.8 Å². The van der Waals surface area contributed by atoms with E-state index in [9.17, 15) is 9.59 Å². The molecule has 0 aliphatic carbocycles. The summed E-state index contributed by atoms with van der Waals surface area (Å²) in [6, 6.07) is 8.23. The number of rotatable bonds is 6. The highest BCUT2D eigenvalue weighted by Gasteiger charge is 2.12. The molecule has 0 saturated heterocycles. The SMILES string of the molecule is COC(=O)CN(C)C(=O)CSCc1ccc(C)cc1. The minimum absolute atomic E-state index is 0.000422. The van der Waals surface area contributed by atoms with Crippen molar-refractivity contribution in [3.05, 3.63) is 35.4 Å². The molecule has 0 N–H and O–H groups in total. The van der Waals surface area contributed by atoms with Gasteiger partial charge in [0, 0.05) is 12.8 Å². The molecule has 0 saturated carbocycles. The fraction of sp³-hybridized carbons (Fsp3) is 0.429. The van der Waals surface area contributed by atoms with Crippen LogP contribution < -0.4 is 0 Å². The van der Waals surface area contributed by atoms with E-state index in [0.29, 0.717) is 5.75 Å². The zero-order valence-electron chi connectivity index (χ0n) is 11.5. The summed E-state index contributed by atoms with van der Waals surface area (Å²) in [5, 5.41) is 0. The Bertz CT molecular complexity index is 431. The lowest BCUT2D eigenvalue weighted by Gasteiger charge is -2.15. The van der Waals surface area contributed by atoms with Gasteiger partial charge in [0.2, 0.25) is 5.91 Å². The minimum atomic E-state index is -0.403. The normalized spacial score (nSPS) is 10.1. The van der Waals surface area contributed by atoms with Crippen molar-refractivity contribution in [3.63, 3.8) is 0 Å². The average Bonchev–Trinajstić information content (AvgIpc) is 2.40. The summed E-state index contributed by atoms with van der Waals surface area (Å²) in [5.41, 5.74) is 2.42. The molecule has 0 fully saturated rings. The lowest BCUT2D eigenvalue weighted by atomic mass is 10.2. The van der Waals surface area contributed by atoms with Crippen LogP contribution in [0.4, 0.5) is 0 Å². The van der Waals surface area contributed by atoms with Crippen molar-refractivity contribution in [2.75, 3.05) is 26.5 Å². The van der Waals surface area contributed by atoms with Crippen LogP contribution in [0.25, 0.3) is 0 Å². The minimum Gasteiger partial charge on any atom is -0.468 e. The Morgan fingerprint density at radius 2 is 1.89 bits per heavy atom. The van der Waals surface area contributed by atoms with Crippen molar-refractivity contribution in [2.45, 2.75) is 12.7 Å². The highest BCUT2D eigenvalue weighted by atomic mass is 32.2. The van der Waals surface area contributed by atoms with Crippen LogP contribution in [0.1, 0.15) is 11.1 Å². The van der Waals surface area contributed by atoms with E-state index in [2.05, 4.69) is 29.0 Å². The molecule has 0 atom stereocenters. The van der Waals surface area contributed by atoms with Gasteiger partial charge in [0.15, 0.2) is 0 Å². The number of carbonyl (C=O) groups excluding carboxylic acids is 2. The monoisotopic (exact) mass is 281 g/mol. The lowest BCUT2D eigenvalue weighted by molar-refractivity contribution is -0.145. The first-order valence-electron chi connectivity index (χ1n) is 5.97. The summed E-state index contributed by atoms with van der Waals surface area (Å²) in [5.74, 6) is 0.682. The molecule has 19 heavy (non-hydrogen) atoms. The maximum atomic E-state index is 11.7. The largest absolute Gasteiger partial charge is 0.468 e. The summed E-state index contributed by atoms with van der Waals surface area (Å²) in [4.78, 5) is 24.1. The Balaban J connectivity index is 2.30. The van der Waals surface area contributed by atoms with Crippen molar-refractivity contribution in [3.8, 4) is 0 Å². The number of thioether (sulfide) groups is 1. The van der Waals surface area contributed by atoms with Gasteiger partial charge in [0.05, 0.1) is 12.9 Å². The molecule has 0 spiro atoms. The van der Waals surface area contributed by atoms with Gasteiger partial charge in [-0.2, -0.15) is 0 Å². The zero-order chi connectivity index (χ0) is 14.3. The fourth-order valence-corrected chi connectivity index (χ4v) is 2.32. The van der Waals surface area contributed by atoms with Crippen LogP contribution in [-0.4, -0.2) is 43.2 Å². The van der Waals surface area contributed by atoms with Gasteiger partial charge in [0.25, 0.3) is 0 Å². The van der Waals surface area contributed by atoms with Gasteiger partial charge in [0.1, 0.15) is 6.54 Å². The number of ether oxygens (including phenoxy) is 1. The highest BCUT2D eigenvalue weighted by Crippen LogP contribution is 2.13. The standard InChI is InChI=1S/C14H19NO3S/c1-11-4-6-12(7-5-11)9-19-10-13(16)15(2)8-14(17)18-3/h4-7H,8-10H2,1-3H3. The Kier molecular flexibility index (Phi) is 6.42. The van der Waals surface area contributed by atoms with Crippen LogP contribution in [0.3, 0.4) is 0 Å². The van der Waals surface area contributed by atoms with Crippen LogP contribution in [0, 0.1) is 6.92 Å². The number of hydrogen-bond acceptors (Lipinski definition) is 4. The van der Waals surface area contributed by atoms with E-state index < -0.39 is 5.97 Å². The van der Waals surface area contributed by atoms with Crippen molar-refractivity contribution in [2.24, 2.45) is 0 Å². The number of amides is 1.